The van der Waals surface area contributed by atoms with Crippen LogP contribution in [0.4, 0.5) is 8.78 Å². The molecule has 3 rings (SSSR count). The van der Waals surface area contributed by atoms with E-state index < -0.39 is 28.9 Å². The molecule has 1 heterocycles. The van der Waals surface area contributed by atoms with E-state index in [0.29, 0.717) is 12.7 Å². The third-order valence-corrected chi connectivity index (χ3v) is 5.63. The lowest BCUT2D eigenvalue weighted by Gasteiger charge is -2.23. The minimum atomic E-state index is -0.835. The lowest BCUT2D eigenvalue weighted by molar-refractivity contribution is 0.0151. The summed E-state index contributed by atoms with van der Waals surface area (Å²) in [6, 6.07) is 11.9. The number of aromatic amines is 1. The highest BCUT2D eigenvalue weighted by atomic mass is 19.1. The third kappa shape index (κ3) is 8.20. The number of nitrogens with one attached hydrogen (secondary N) is 2. The van der Waals surface area contributed by atoms with Gasteiger partial charge in [-0.15, -0.1) is 0 Å². The number of aromatic nitrogens is 1. The molecule has 0 aliphatic carbocycles. The first kappa shape index (κ1) is 29.5. The SMILES string of the molecule is CCCOCN(CCOC)C(=O)c1[nH]cc(C(=O)NCc2ccc(F)cc2F)c(=O)c1OCc1ccccc1. The first-order chi connectivity index (χ1) is 18.8. The zero-order valence-electron chi connectivity index (χ0n) is 21.8. The van der Waals surface area contributed by atoms with E-state index in [-0.39, 0.29) is 55.6 Å². The Labute approximate surface area is 224 Å². The van der Waals surface area contributed by atoms with Crippen molar-refractivity contribution in [1.29, 1.82) is 0 Å². The van der Waals surface area contributed by atoms with E-state index in [2.05, 4.69) is 10.3 Å². The summed E-state index contributed by atoms with van der Waals surface area (Å²) in [5.74, 6) is -3.34. The van der Waals surface area contributed by atoms with E-state index in [1.54, 1.807) is 24.3 Å². The standard InChI is InChI=1S/C28H31F2N3O6/c1-3-12-38-18-33(11-13-37-2)28(36)24-26(39-17-19-7-5-4-6-8-19)25(34)22(16-31-24)27(35)32-15-20-9-10-21(29)14-23(20)30/h4-10,14,16H,3,11-13,15,17-18H2,1-2H3,(H,31,34)(H,32,35). The monoisotopic (exact) mass is 543 g/mol. The van der Waals surface area contributed by atoms with Crippen LogP contribution in [0.1, 0.15) is 45.3 Å². The number of carbonyl (C=O) groups is 2. The summed E-state index contributed by atoms with van der Waals surface area (Å²) in [6.45, 7) is 2.41. The number of carbonyl (C=O) groups excluding carboxylic acids is 2. The Morgan fingerprint density at radius 1 is 1.08 bits per heavy atom. The Bertz CT molecular complexity index is 1320. The molecule has 208 valence electrons. The lowest BCUT2D eigenvalue weighted by Crippen LogP contribution is -2.38. The molecule has 0 saturated heterocycles. The van der Waals surface area contributed by atoms with Gasteiger partial charge in [0.1, 0.15) is 30.5 Å². The Kier molecular flexibility index (Phi) is 11.1. The van der Waals surface area contributed by atoms with Gasteiger partial charge in [-0.2, -0.15) is 0 Å². The Morgan fingerprint density at radius 3 is 2.54 bits per heavy atom. The Balaban J connectivity index is 1.91. The summed E-state index contributed by atoms with van der Waals surface area (Å²) in [7, 11) is 1.50. The number of rotatable bonds is 14. The third-order valence-electron chi connectivity index (χ3n) is 5.63. The highest BCUT2D eigenvalue weighted by Crippen LogP contribution is 2.17. The van der Waals surface area contributed by atoms with E-state index in [0.717, 1.165) is 24.2 Å². The molecule has 9 nitrogen and oxygen atoms in total. The molecule has 0 spiro atoms. The molecule has 0 fully saturated rings. The molecule has 11 heteroatoms. The summed E-state index contributed by atoms with van der Waals surface area (Å²) >= 11 is 0. The molecule has 0 aliphatic heterocycles. The molecule has 0 atom stereocenters. The molecule has 0 aliphatic rings. The highest BCUT2D eigenvalue weighted by Gasteiger charge is 2.26. The second kappa shape index (κ2) is 14.7. The van der Waals surface area contributed by atoms with Crippen molar-refractivity contribution in [3.05, 3.63) is 99.0 Å². The Morgan fingerprint density at radius 2 is 1.85 bits per heavy atom. The van der Waals surface area contributed by atoms with Crippen LogP contribution in [0, 0.1) is 11.6 Å². The van der Waals surface area contributed by atoms with Crippen LogP contribution in [-0.4, -0.2) is 55.3 Å². The predicted molar refractivity (Wildman–Crippen MR) is 139 cm³/mol. The van der Waals surface area contributed by atoms with Gasteiger partial charge in [0, 0.05) is 44.6 Å². The number of methoxy groups -OCH3 is 1. The highest BCUT2D eigenvalue weighted by molar-refractivity contribution is 5.98. The van der Waals surface area contributed by atoms with Crippen molar-refractivity contribution in [1.82, 2.24) is 15.2 Å². The van der Waals surface area contributed by atoms with Gasteiger partial charge in [0.05, 0.1) is 6.61 Å². The normalized spacial score (nSPS) is 10.8. The Hall–Kier alpha value is -4.09. The van der Waals surface area contributed by atoms with Crippen molar-refractivity contribution < 1.29 is 32.6 Å². The van der Waals surface area contributed by atoms with Crippen molar-refractivity contribution in [3.63, 3.8) is 0 Å². The summed E-state index contributed by atoms with van der Waals surface area (Å²) in [5.41, 5.74) is -0.559. The maximum absolute atomic E-state index is 14.0. The van der Waals surface area contributed by atoms with E-state index in [1.165, 1.54) is 18.1 Å². The average Bonchev–Trinajstić information content (AvgIpc) is 2.93. The van der Waals surface area contributed by atoms with Crippen molar-refractivity contribution in [2.45, 2.75) is 26.5 Å². The number of benzene rings is 2. The van der Waals surface area contributed by atoms with Crippen LogP contribution in [0.5, 0.6) is 5.75 Å². The molecule has 2 aromatic carbocycles. The van der Waals surface area contributed by atoms with Gasteiger partial charge in [0.25, 0.3) is 11.8 Å². The quantitative estimate of drug-likeness (QED) is 0.237. The topological polar surface area (TPSA) is 110 Å². The van der Waals surface area contributed by atoms with Gasteiger partial charge in [-0.1, -0.05) is 43.3 Å². The molecular weight excluding hydrogens is 512 g/mol. The van der Waals surface area contributed by atoms with Gasteiger partial charge in [0.15, 0.2) is 11.4 Å². The molecule has 0 saturated carbocycles. The van der Waals surface area contributed by atoms with Crippen LogP contribution in [0.25, 0.3) is 0 Å². The van der Waals surface area contributed by atoms with Crippen LogP contribution in [0.2, 0.25) is 0 Å². The van der Waals surface area contributed by atoms with Gasteiger partial charge >= 0.3 is 0 Å². The number of amides is 2. The number of hydrogen-bond donors (Lipinski definition) is 2. The van der Waals surface area contributed by atoms with Crippen LogP contribution in [-0.2, 0) is 22.6 Å². The van der Waals surface area contributed by atoms with Crippen LogP contribution in [0.3, 0.4) is 0 Å². The predicted octanol–water partition coefficient (Wildman–Crippen LogP) is 3.63. The first-order valence-corrected chi connectivity index (χ1v) is 12.4. The molecule has 1 aromatic heterocycles. The number of nitrogens with zero attached hydrogens (tertiary/aromatic N) is 1. The van der Waals surface area contributed by atoms with Gasteiger partial charge in [-0.05, 0) is 18.1 Å². The number of H-pyrrole nitrogens is 1. The fourth-order valence-corrected chi connectivity index (χ4v) is 3.55. The maximum atomic E-state index is 14.0. The molecule has 0 bridgehead atoms. The van der Waals surface area contributed by atoms with Crippen LogP contribution >= 0.6 is 0 Å². The van der Waals surface area contributed by atoms with E-state index >= 15 is 0 Å². The maximum Gasteiger partial charge on any atom is 0.276 e. The smallest absolute Gasteiger partial charge is 0.276 e. The summed E-state index contributed by atoms with van der Waals surface area (Å²) < 4.78 is 43.6. The van der Waals surface area contributed by atoms with Gasteiger partial charge in [0.2, 0.25) is 5.43 Å². The second-order valence-corrected chi connectivity index (χ2v) is 8.53. The molecule has 39 heavy (non-hydrogen) atoms. The van der Waals surface area contributed by atoms with Gasteiger partial charge < -0.3 is 29.4 Å². The van der Waals surface area contributed by atoms with E-state index in [9.17, 15) is 23.2 Å². The number of ether oxygens (including phenoxy) is 3. The molecule has 2 amide bonds. The minimum Gasteiger partial charge on any atom is -0.483 e. The molecular formula is C28H31F2N3O6. The van der Waals surface area contributed by atoms with Gasteiger partial charge in [-0.3, -0.25) is 14.4 Å². The molecule has 0 unspecified atom stereocenters. The summed E-state index contributed by atoms with van der Waals surface area (Å²) in [6.07, 6.45) is 1.85. The fraction of sp³-hybridized carbons (Fsp3) is 0.321. The molecule has 2 N–H and O–H groups in total. The summed E-state index contributed by atoms with van der Waals surface area (Å²) in [5, 5.41) is 2.44. The zero-order valence-corrected chi connectivity index (χ0v) is 21.8. The number of halogens is 2. The number of pyridine rings is 1. The van der Waals surface area contributed by atoms with Crippen molar-refractivity contribution in [3.8, 4) is 5.75 Å². The van der Waals surface area contributed by atoms with Crippen molar-refractivity contribution in [2.75, 3.05) is 33.6 Å². The van der Waals surface area contributed by atoms with Crippen LogP contribution < -0.4 is 15.5 Å². The molecule has 3 aromatic rings. The second-order valence-electron chi connectivity index (χ2n) is 8.53. The lowest BCUT2D eigenvalue weighted by atomic mass is 10.1. The largest absolute Gasteiger partial charge is 0.483 e. The van der Waals surface area contributed by atoms with E-state index in [1.807, 2.05) is 13.0 Å². The number of hydrogen-bond acceptors (Lipinski definition) is 6. The van der Waals surface area contributed by atoms with Crippen LogP contribution in [0.15, 0.2) is 59.5 Å². The van der Waals surface area contributed by atoms with Gasteiger partial charge in [-0.25, -0.2) is 8.78 Å². The summed E-state index contributed by atoms with van der Waals surface area (Å²) in [4.78, 5) is 43.8. The minimum absolute atomic E-state index is 0.0365. The fourth-order valence-electron chi connectivity index (χ4n) is 3.55. The van der Waals surface area contributed by atoms with Crippen molar-refractivity contribution >= 4 is 11.8 Å². The average molecular weight is 544 g/mol. The van der Waals surface area contributed by atoms with Crippen molar-refractivity contribution in [2.24, 2.45) is 0 Å². The molecule has 0 radical (unpaired) electrons. The van der Waals surface area contributed by atoms with E-state index in [4.69, 9.17) is 14.2 Å². The first-order valence-electron chi connectivity index (χ1n) is 12.4. The zero-order chi connectivity index (χ0) is 28.2.